The number of aliphatic hydroxyl groups excluding tert-OH is 1. The number of benzene rings is 2. The Labute approximate surface area is 253 Å². The van der Waals surface area contributed by atoms with Crippen LogP contribution in [0.2, 0.25) is 5.02 Å². The van der Waals surface area contributed by atoms with Crippen LogP contribution in [0.25, 0.3) is 0 Å². The number of hydrogen-bond donors (Lipinski definition) is 3. The van der Waals surface area contributed by atoms with Crippen molar-refractivity contribution in [3.8, 4) is 5.75 Å². The van der Waals surface area contributed by atoms with Gasteiger partial charge in [0.25, 0.3) is 0 Å². The first kappa shape index (κ1) is 29.3. The molecule has 226 valence electrons. The maximum Gasteiger partial charge on any atom is 0.340 e. The number of ether oxygens (including phenoxy) is 1. The van der Waals surface area contributed by atoms with E-state index < -0.39 is 11.6 Å². The molecule has 1 fully saturated rings. The fourth-order valence-electron chi connectivity index (χ4n) is 7.79. The second-order valence-corrected chi connectivity index (χ2v) is 13.6. The number of fused-ring (bicyclic) bond motifs is 4. The maximum absolute atomic E-state index is 12.6. The summed E-state index contributed by atoms with van der Waals surface area (Å²) in [5.74, 6) is -0.0340. The van der Waals surface area contributed by atoms with Crippen molar-refractivity contribution in [1.82, 2.24) is 4.90 Å². The van der Waals surface area contributed by atoms with Crippen molar-refractivity contribution in [2.75, 3.05) is 38.2 Å². The number of anilines is 1. The zero-order chi connectivity index (χ0) is 29.6. The molecule has 2 aliphatic carbocycles. The first-order valence-electron chi connectivity index (χ1n) is 15.4. The summed E-state index contributed by atoms with van der Waals surface area (Å²) in [7, 11) is 1.88. The molecule has 2 aromatic rings. The van der Waals surface area contributed by atoms with Crippen molar-refractivity contribution < 1.29 is 24.9 Å². The maximum atomic E-state index is 12.6. The zero-order valence-corrected chi connectivity index (χ0v) is 25.3. The number of aliphatic carboxylic acids is 1. The van der Waals surface area contributed by atoms with Crippen molar-refractivity contribution >= 4 is 23.3 Å². The van der Waals surface area contributed by atoms with Crippen molar-refractivity contribution in [2.45, 2.75) is 74.9 Å². The van der Waals surface area contributed by atoms with Gasteiger partial charge in [-0.25, -0.2) is 4.79 Å². The van der Waals surface area contributed by atoms with Gasteiger partial charge >= 0.3 is 5.97 Å². The highest BCUT2D eigenvalue weighted by atomic mass is 35.5. The predicted molar refractivity (Wildman–Crippen MR) is 164 cm³/mol. The third-order valence-corrected chi connectivity index (χ3v) is 10.8. The van der Waals surface area contributed by atoms with Gasteiger partial charge in [-0.1, -0.05) is 30.3 Å². The summed E-state index contributed by atoms with van der Waals surface area (Å²) in [6.45, 7) is 6.78. The summed E-state index contributed by atoms with van der Waals surface area (Å²) in [5.41, 5.74) is 1.83. The molecule has 2 heterocycles. The Morgan fingerprint density at radius 2 is 1.95 bits per heavy atom. The summed E-state index contributed by atoms with van der Waals surface area (Å²) in [6.07, 6.45) is 7.11. The van der Waals surface area contributed by atoms with Crippen molar-refractivity contribution in [1.29, 1.82) is 0 Å². The number of aryl methyl sites for hydroxylation is 1. The van der Waals surface area contributed by atoms with Crippen LogP contribution in [0.15, 0.2) is 48.7 Å². The van der Waals surface area contributed by atoms with Gasteiger partial charge in [0.1, 0.15) is 5.75 Å². The Bertz CT molecular complexity index is 1370. The first-order valence-corrected chi connectivity index (χ1v) is 15.8. The van der Waals surface area contributed by atoms with Gasteiger partial charge in [-0.3, -0.25) is 0 Å². The average Bonchev–Trinajstić information content (AvgIpc) is 3.09. The van der Waals surface area contributed by atoms with Crippen LogP contribution < -0.4 is 9.64 Å². The van der Waals surface area contributed by atoms with Gasteiger partial charge in [0.05, 0.1) is 18.4 Å². The molecular weight excluding hydrogens is 552 g/mol. The third-order valence-electron chi connectivity index (χ3n) is 10.5. The van der Waals surface area contributed by atoms with Crippen LogP contribution in [0.5, 0.6) is 5.75 Å². The van der Waals surface area contributed by atoms with E-state index in [1.807, 2.05) is 30.1 Å². The van der Waals surface area contributed by atoms with Crippen LogP contribution in [0.1, 0.15) is 68.1 Å². The minimum Gasteiger partial charge on any atom is -0.490 e. The Morgan fingerprint density at radius 1 is 1.12 bits per heavy atom. The summed E-state index contributed by atoms with van der Waals surface area (Å²) in [5, 5.41) is 34.0. The lowest BCUT2D eigenvalue weighted by atomic mass is 9.68. The topological polar surface area (TPSA) is 93.5 Å². The summed E-state index contributed by atoms with van der Waals surface area (Å²) < 4.78 is 6.58. The van der Waals surface area contributed by atoms with Crippen molar-refractivity contribution in [3.63, 3.8) is 0 Å². The van der Waals surface area contributed by atoms with E-state index in [9.17, 15) is 20.1 Å². The lowest BCUT2D eigenvalue weighted by molar-refractivity contribution is -0.160. The Kier molecular flexibility index (Phi) is 7.96. The zero-order valence-electron chi connectivity index (χ0n) is 24.5. The minimum atomic E-state index is -2.13. The molecular formula is C34H43ClN2O5. The number of rotatable bonds is 1. The largest absolute Gasteiger partial charge is 0.490 e. The van der Waals surface area contributed by atoms with E-state index in [2.05, 4.69) is 23.6 Å². The van der Waals surface area contributed by atoms with Gasteiger partial charge in [0.2, 0.25) is 0 Å². The molecule has 0 amide bonds. The van der Waals surface area contributed by atoms with Gasteiger partial charge in [-0.2, -0.15) is 0 Å². The SMILES string of the molecule is C=C1C[C@](O)(C(=O)O)c2ccc3c(c2)N(C[C@@H]2CC[C@H]2[C@@H](O)CCCCN1C)C[C@@]1(CCCc2cc(Cl)ccc21)CO3. The molecule has 42 heavy (non-hydrogen) atoms. The van der Waals surface area contributed by atoms with E-state index in [0.29, 0.717) is 42.6 Å². The highest BCUT2D eigenvalue weighted by Crippen LogP contribution is 2.48. The summed E-state index contributed by atoms with van der Waals surface area (Å²) >= 11 is 6.40. The van der Waals surface area contributed by atoms with Gasteiger partial charge in [0, 0.05) is 49.2 Å². The second kappa shape index (κ2) is 11.4. The normalized spacial score (nSPS) is 31.8. The molecule has 4 aliphatic rings. The van der Waals surface area contributed by atoms with Crippen molar-refractivity contribution in [3.05, 3.63) is 70.4 Å². The smallest absolute Gasteiger partial charge is 0.340 e. The molecule has 1 spiro atoms. The van der Waals surface area contributed by atoms with Gasteiger partial charge in [0.15, 0.2) is 5.60 Å². The van der Waals surface area contributed by atoms with Crippen LogP contribution >= 0.6 is 11.6 Å². The number of carboxylic acids is 1. The van der Waals surface area contributed by atoms with E-state index in [-0.39, 0.29) is 23.9 Å². The highest BCUT2D eigenvalue weighted by molar-refractivity contribution is 6.30. The van der Waals surface area contributed by atoms with Gasteiger partial charge in [-0.15, -0.1) is 0 Å². The Hall–Kier alpha value is -2.74. The third kappa shape index (κ3) is 5.29. The van der Waals surface area contributed by atoms with Crippen LogP contribution in [0, 0.1) is 11.8 Å². The molecule has 0 saturated heterocycles. The van der Waals surface area contributed by atoms with Gasteiger partial charge in [-0.05, 0) is 104 Å². The fourth-order valence-corrected chi connectivity index (χ4v) is 7.98. The van der Waals surface area contributed by atoms with E-state index in [4.69, 9.17) is 16.3 Å². The van der Waals surface area contributed by atoms with Crippen LogP contribution in [-0.2, 0) is 22.2 Å². The van der Waals surface area contributed by atoms with E-state index in [1.54, 1.807) is 6.07 Å². The molecule has 2 aromatic carbocycles. The van der Waals surface area contributed by atoms with Crippen LogP contribution in [-0.4, -0.2) is 65.6 Å². The van der Waals surface area contributed by atoms with Crippen LogP contribution in [0.4, 0.5) is 5.69 Å². The second-order valence-electron chi connectivity index (χ2n) is 13.2. The Morgan fingerprint density at radius 3 is 2.71 bits per heavy atom. The molecule has 5 atom stereocenters. The number of nitrogens with zero attached hydrogens (tertiary/aromatic N) is 2. The molecule has 2 bridgehead atoms. The van der Waals surface area contributed by atoms with E-state index >= 15 is 0 Å². The van der Waals surface area contributed by atoms with Gasteiger partial charge < -0.3 is 29.9 Å². The standard InChI is InChI=1S/C34H43ClN2O5/c1-22-18-34(41,32(39)40)25-9-13-31-29(17-25)37(19-24-8-11-27(24)30(38)7-3-4-15-36(22)2)20-33(21-42-31)14-5-6-23-16-26(35)10-12-28(23)33/h9-10,12-13,16-17,24,27,30,38,41H,1,3-8,11,14-15,18-21H2,2H3,(H,39,40)/t24-,27+,30-,33-,34+/m0/s1. The quantitative estimate of drug-likeness (QED) is 0.402. The molecule has 7 nitrogen and oxygen atoms in total. The monoisotopic (exact) mass is 594 g/mol. The summed E-state index contributed by atoms with van der Waals surface area (Å²) in [6, 6.07) is 11.5. The molecule has 0 unspecified atom stereocenters. The number of aliphatic hydroxyl groups is 2. The highest BCUT2D eigenvalue weighted by Gasteiger charge is 2.45. The molecule has 3 N–H and O–H groups in total. The molecule has 8 heteroatoms. The Balaban J connectivity index is 1.45. The first-order chi connectivity index (χ1) is 20.1. The van der Waals surface area contributed by atoms with E-state index in [0.717, 1.165) is 68.6 Å². The lowest BCUT2D eigenvalue weighted by Gasteiger charge is -2.46. The number of carbonyl (C=O) groups is 1. The average molecular weight is 595 g/mol. The summed E-state index contributed by atoms with van der Waals surface area (Å²) in [4.78, 5) is 16.9. The number of carboxylic acid groups (broad SMARTS) is 1. The van der Waals surface area contributed by atoms with E-state index in [1.165, 1.54) is 11.1 Å². The fraction of sp³-hybridized carbons (Fsp3) is 0.559. The number of halogens is 1. The van der Waals surface area contributed by atoms with Crippen molar-refractivity contribution in [2.24, 2.45) is 11.8 Å². The molecule has 0 aromatic heterocycles. The molecule has 6 rings (SSSR count). The number of hydrogen-bond acceptors (Lipinski definition) is 6. The lowest BCUT2D eigenvalue weighted by Crippen LogP contribution is -2.49. The molecule has 1 saturated carbocycles. The molecule has 0 radical (unpaired) electrons. The predicted octanol–water partition coefficient (Wildman–Crippen LogP) is 5.49. The molecule has 2 aliphatic heterocycles. The van der Waals surface area contributed by atoms with Crippen LogP contribution in [0.3, 0.4) is 0 Å². The minimum absolute atomic E-state index is 0.121.